The maximum Gasteiger partial charge on any atom is 0.353 e. The van der Waals surface area contributed by atoms with E-state index in [4.69, 9.17) is 4.74 Å². The zero-order valence-electron chi connectivity index (χ0n) is 16.0. The molecule has 4 rings (SSSR count). The Morgan fingerprint density at radius 3 is 2.37 bits per heavy atom. The number of carbonyl (C=O) groups excluding carboxylic acids is 2. The van der Waals surface area contributed by atoms with Crippen LogP contribution in [-0.2, 0) is 4.74 Å². The number of carbonyl (C=O) groups is 2. The van der Waals surface area contributed by atoms with Gasteiger partial charge in [-0.25, -0.2) is 9.59 Å². The molecule has 3 aromatic rings. The van der Waals surface area contributed by atoms with Gasteiger partial charge < -0.3 is 10.1 Å². The first-order valence-electron chi connectivity index (χ1n) is 9.48. The van der Waals surface area contributed by atoms with Crippen molar-refractivity contribution < 1.29 is 14.3 Å². The molecule has 7 nitrogen and oxygen atoms in total. The highest BCUT2D eigenvalue weighted by molar-refractivity contribution is 6.03. The second kappa shape index (κ2) is 8.57. The number of hydrogen-bond acceptors (Lipinski definition) is 5. The molecule has 1 unspecified atom stereocenters. The Hall–Kier alpha value is -4.00. The number of ether oxygens (including phenoxy) is 1. The van der Waals surface area contributed by atoms with Crippen LogP contribution in [0.3, 0.4) is 0 Å². The summed E-state index contributed by atoms with van der Waals surface area (Å²) < 4.78 is 6.68. The number of amides is 1. The molecule has 1 amide bonds. The van der Waals surface area contributed by atoms with Crippen molar-refractivity contribution in [1.29, 1.82) is 0 Å². The largest absolute Gasteiger partial charge is 0.461 e. The Labute approximate surface area is 172 Å². The molecule has 1 atom stereocenters. The van der Waals surface area contributed by atoms with Crippen molar-refractivity contribution in [3.8, 4) is 0 Å². The molecule has 1 aromatic heterocycles. The minimum absolute atomic E-state index is 0.0991. The van der Waals surface area contributed by atoms with Crippen LogP contribution in [0.1, 0.15) is 27.1 Å². The highest BCUT2D eigenvalue weighted by Crippen LogP contribution is 2.38. The fourth-order valence-corrected chi connectivity index (χ4v) is 2.92. The van der Waals surface area contributed by atoms with Gasteiger partial charge in [-0.15, -0.1) is 0 Å². The minimum atomic E-state index is -0.500. The van der Waals surface area contributed by atoms with Gasteiger partial charge in [-0.3, -0.25) is 9.36 Å². The molecule has 0 saturated heterocycles. The summed E-state index contributed by atoms with van der Waals surface area (Å²) in [6.45, 7) is 0.271. The van der Waals surface area contributed by atoms with E-state index < -0.39 is 5.69 Å². The Morgan fingerprint density at radius 2 is 1.70 bits per heavy atom. The monoisotopic (exact) mass is 401 g/mol. The van der Waals surface area contributed by atoms with E-state index in [0.717, 1.165) is 12.0 Å². The number of hydrogen-bond donors (Lipinski definition) is 1. The van der Waals surface area contributed by atoms with Crippen LogP contribution in [-0.4, -0.2) is 28.0 Å². The van der Waals surface area contributed by atoms with Gasteiger partial charge in [-0.1, -0.05) is 36.4 Å². The van der Waals surface area contributed by atoms with E-state index in [0.29, 0.717) is 11.1 Å². The van der Waals surface area contributed by atoms with Crippen molar-refractivity contribution in [2.75, 3.05) is 11.9 Å². The molecule has 1 N–H and O–H groups in total. The molecule has 1 aliphatic rings. The lowest BCUT2D eigenvalue weighted by Gasteiger charge is -2.05. The fourth-order valence-electron chi connectivity index (χ4n) is 2.92. The van der Waals surface area contributed by atoms with Crippen LogP contribution in [0.5, 0.6) is 0 Å². The van der Waals surface area contributed by atoms with Crippen LogP contribution in [0.2, 0.25) is 0 Å². The third kappa shape index (κ3) is 4.70. The molecular formula is C23H19N3O4. The molecule has 2 aromatic carbocycles. The van der Waals surface area contributed by atoms with Gasteiger partial charge in [0.2, 0.25) is 0 Å². The van der Waals surface area contributed by atoms with Gasteiger partial charge in [0.1, 0.15) is 5.82 Å². The lowest BCUT2D eigenvalue weighted by atomic mass is 10.2. The van der Waals surface area contributed by atoms with Crippen LogP contribution in [0.4, 0.5) is 5.82 Å². The summed E-state index contributed by atoms with van der Waals surface area (Å²) in [5.41, 5.74) is 1.50. The van der Waals surface area contributed by atoms with Crippen LogP contribution >= 0.6 is 0 Å². The predicted octanol–water partition coefficient (Wildman–Crippen LogP) is 3.21. The molecule has 1 fully saturated rings. The average molecular weight is 401 g/mol. The van der Waals surface area contributed by atoms with Crippen molar-refractivity contribution >= 4 is 23.9 Å². The molecule has 0 radical (unpaired) electrons. The number of rotatable bonds is 6. The summed E-state index contributed by atoms with van der Waals surface area (Å²) >= 11 is 0. The molecule has 1 aliphatic carbocycles. The zero-order valence-corrected chi connectivity index (χ0v) is 16.0. The van der Waals surface area contributed by atoms with Gasteiger partial charge in [0.15, 0.2) is 0 Å². The number of nitrogens with one attached hydrogen (secondary N) is 1. The Balaban J connectivity index is 1.34. The fraction of sp³-hybridized carbons (Fsp3) is 0.130. The first-order valence-corrected chi connectivity index (χ1v) is 9.48. The highest BCUT2D eigenvalue weighted by Gasteiger charge is 2.31. The van der Waals surface area contributed by atoms with Crippen LogP contribution in [0.25, 0.3) is 6.20 Å². The second-order valence-electron chi connectivity index (χ2n) is 6.89. The number of benzene rings is 2. The van der Waals surface area contributed by atoms with Crippen LogP contribution < -0.4 is 11.0 Å². The lowest BCUT2D eigenvalue weighted by molar-refractivity contribution is 0.0490. The smallest absolute Gasteiger partial charge is 0.353 e. The Morgan fingerprint density at radius 1 is 1.03 bits per heavy atom. The average Bonchev–Trinajstić information content (AvgIpc) is 3.53. The topological polar surface area (TPSA) is 90.3 Å². The van der Waals surface area contributed by atoms with Crippen molar-refractivity contribution in [2.45, 2.75) is 6.42 Å². The van der Waals surface area contributed by atoms with Crippen molar-refractivity contribution in [3.63, 3.8) is 0 Å². The van der Waals surface area contributed by atoms with E-state index in [9.17, 15) is 14.4 Å². The third-order valence-corrected chi connectivity index (χ3v) is 4.68. The van der Waals surface area contributed by atoms with Gasteiger partial charge >= 0.3 is 11.7 Å². The number of esters is 1. The first-order chi connectivity index (χ1) is 14.6. The summed E-state index contributed by atoms with van der Waals surface area (Å²) in [5.74, 6) is -0.407. The van der Waals surface area contributed by atoms with Crippen molar-refractivity contribution in [2.24, 2.45) is 5.92 Å². The molecule has 7 heteroatoms. The molecular weight excluding hydrogens is 382 g/mol. The van der Waals surface area contributed by atoms with E-state index in [-0.39, 0.29) is 30.2 Å². The van der Waals surface area contributed by atoms with Crippen LogP contribution in [0.15, 0.2) is 83.3 Å². The SMILES string of the molecule is O=C(Nc1ccn(/C=C2/CC2COC(=O)c2ccccc2)c(=O)n1)c1ccccc1. The number of nitrogens with zero attached hydrogens (tertiary/aromatic N) is 2. The lowest BCUT2D eigenvalue weighted by Crippen LogP contribution is -2.22. The molecule has 0 aliphatic heterocycles. The standard InChI is InChI=1S/C23H19N3O4/c27-21(16-7-3-1-4-8-16)24-20-11-12-26(23(29)25-20)14-18-13-19(18)15-30-22(28)17-9-5-2-6-10-17/h1-12,14,19H,13,15H2,(H,24,25,27,29)/b18-14-. The second-order valence-corrected chi connectivity index (χ2v) is 6.89. The molecule has 1 heterocycles. The summed E-state index contributed by atoms with van der Waals surface area (Å²) in [6, 6.07) is 19.1. The third-order valence-electron chi connectivity index (χ3n) is 4.68. The summed E-state index contributed by atoms with van der Waals surface area (Å²) in [5, 5.41) is 2.61. The molecule has 1 saturated carbocycles. The van der Waals surface area contributed by atoms with Crippen molar-refractivity contribution in [3.05, 3.63) is 100 Å². The van der Waals surface area contributed by atoms with Gasteiger partial charge in [0.25, 0.3) is 5.91 Å². The quantitative estimate of drug-likeness (QED) is 0.641. The molecule has 0 bridgehead atoms. The first kappa shape index (κ1) is 19.3. The Bertz CT molecular complexity index is 1150. The summed E-state index contributed by atoms with van der Waals surface area (Å²) in [4.78, 5) is 40.3. The van der Waals surface area contributed by atoms with Gasteiger partial charge in [0, 0.05) is 23.9 Å². The zero-order chi connectivity index (χ0) is 20.9. The molecule has 0 spiro atoms. The number of aromatic nitrogens is 2. The normalized spacial score (nSPS) is 16.1. The van der Waals surface area contributed by atoms with Gasteiger partial charge in [0.05, 0.1) is 12.2 Å². The van der Waals surface area contributed by atoms with Gasteiger partial charge in [-0.05, 0) is 42.3 Å². The molecule has 150 valence electrons. The predicted molar refractivity (Wildman–Crippen MR) is 112 cm³/mol. The van der Waals surface area contributed by atoms with E-state index in [1.54, 1.807) is 67.0 Å². The van der Waals surface area contributed by atoms with E-state index in [1.807, 2.05) is 12.1 Å². The van der Waals surface area contributed by atoms with Crippen molar-refractivity contribution in [1.82, 2.24) is 9.55 Å². The van der Waals surface area contributed by atoms with E-state index >= 15 is 0 Å². The molecule has 30 heavy (non-hydrogen) atoms. The summed E-state index contributed by atoms with van der Waals surface area (Å²) in [6.07, 6.45) is 3.99. The number of anilines is 1. The minimum Gasteiger partial charge on any atom is -0.461 e. The maximum atomic E-state index is 12.2. The highest BCUT2D eigenvalue weighted by atomic mass is 16.5. The maximum absolute atomic E-state index is 12.2. The van der Waals surface area contributed by atoms with Crippen LogP contribution in [0, 0.1) is 5.92 Å². The Kier molecular flexibility index (Phi) is 5.52. The van der Waals surface area contributed by atoms with Gasteiger partial charge in [-0.2, -0.15) is 4.98 Å². The van der Waals surface area contributed by atoms with E-state index in [1.165, 1.54) is 4.57 Å². The summed E-state index contributed by atoms with van der Waals surface area (Å²) in [7, 11) is 0. The van der Waals surface area contributed by atoms with E-state index in [2.05, 4.69) is 10.3 Å².